The molecule has 0 aromatic carbocycles. The van der Waals surface area contributed by atoms with E-state index in [9.17, 15) is 4.79 Å². The first-order valence-corrected chi connectivity index (χ1v) is 7.79. The van der Waals surface area contributed by atoms with Gasteiger partial charge in [0.15, 0.2) is 0 Å². The van der Waals surface area contributed by atoms with E-state index in [1.165, 1.54) is 4.88 Å². The fraction of sp³-hybridized carbons (Fsp3) is 0.615. The van der Waals surface area contributed by atoms with Crippen LogP contribution in [0.5, 0.6) is 0 Å². The van der Waals surface area contributed by atoms with Gasteiger partial charge < -0.3 is 5.32 Å². The monoisotopic (exact) mass is 308 g/mol. The first-order chi connectivity index (χ1) is 10.0. The Morgan fingerprint density at radius 3 is 2.67 bits per heavy atom. The number of aryl methyl sites for hydroxylation is 4. The number of carbonyl (C=O) groups excluding carboxylic acids is 1. The molecule has 0 fully saturated rings. The highest BCUT2D eigenvalue weighted by Gasteiger charge is 2.17. The van der Waals surface area contributed by atoms with E-state index in [4.69, 9.17) is 0 Å². The van der Waals surface area contributed by atoms with Crippen molar-refractivity contribution in [3.63, 3.8) is 0 Å². The molecule has 0 radical (unpaired) electrons. The van der Waals surface area contributed by atoms with Crippen LogP contribution in [0.15, 0.2) is 0 Å². The van der Waals surface area contributed by atoms with Crippen molar-refractivity contribution < 1.29 is 4.79 Å². The minimum atomic E-state index is -0.0233. The third-order valence-electron chi connectivity index (χ3n) is 3.35. The Kier molecular flexibility index (Phi) is 5.00. The van der Waals surface area contributed by atoms with Crippen LogP contribution in [0, 0.1) is 20.8 Å². The van der Waals surface area contributed by atoms with Crippen molar-refractivity contribution in [3.05, 3.63) is 21.4 Å². The number of rotatable bonds is 6. The van der Waals surface area contributed by atoms with Gasteiger partial charge in [-0.1, -0.05) is 6.92 Å². The van der Waals surface area contributed by atoms with Crippen molar-refractivity contribution in [1.29, 1.82) is 0 Å². The van der Waals surface area contributed by atoms with Gasteiger partial charge in [-0.05, 0) is 37.6 Å². The van der Waals surface area contributed by atoms with Crippen LogP contribution in [0.1, 0.15) is 47.2 Å². The topological polar surface area (TPSA) is 85.6 Å². The van der Waals surface area contributed by atoms with Gasteiger partial charge in [-0.2, -0.15) is 0 Å². The van der Waals surface area contributed by atoms with Crippen LogP contribution in [-0.4, -0.2) is 31.1 Å². The lowest BCUT2D eigenvalue weighted by atomic mass is 10.2. The maximum atomic E-state index is 12.1. The molecule has 1 atom stereocenters. The molecule has 2 aromatic heterocycles. The molecular formula is C13H20N6OS. The smallest absolute Gasteiger partial charge is 0.222 e. The molecule has 1 amide bonds. The van der Waals surface area contributed by atoms with E-state index < -0.39 is 0 Å². The molecule has 8 heteroatoms. The molecule has 0 bridgehead atoms. The largest absolute Gasteiger partial charge is 0.347 e. The van der Waals surface area contributed by atoms with Gasteiger partial charge in [-0.25, -0.2) is 9.67 Å². The Labute approximate surface area is 127 Å². The second-order valence-electron chi connectivity index (χ2n) is 4.92. The van der Waals surface area contributed by atoms with Crippen LogP contribution in [0.25, 0.3) is 0 Å². The van der Waals surface area contributed by atoms with Crippen molar-refractivity contribution in [3.8, 4) is 0 Å². The molecule has 0 aliphatic rings. The summed E-state index contributed by atoms with van der Waals surface area (Å²) in [6.45, 7) is 8.38. The highest BCUT2D eigenvalue weighted by Crippen LogP contribution is 2.24. The van der Waals surface area contributed by atoms with E-state index in [2.05, 4.69) is 25.8 Å². The molecule has 2 aromatic rings. The zero-order chi connectivity index (χ0) is 15.4. The van der Waals surface area contributed by atoms with Crippen LogP contribution in [0.3, 0.4) is 0 Å². The van der Waals surface area contributed by atoms with Gasteiger partial charge in [0.2, 0.25) is 5.91 Å². The summed E-state index contributed by atoms with van der Waals surface area (Å²) in [5, 5.41) is 15.2. The van der Waals surface area contributed by atoms with Crippen molar-refractivity contribution in [2.75, 3.05) is 0 Å². The molecule has 2 heterocycles. The summed E-state index contributed by atoms with van der Waals surface area (Å²) in [6, 6.07) is -0.0233. The standard InChI is InChI=1S/C13H20N6OS/c1-5-11(13-14-8(2)9(3)21-13)15-12(20)6-7-19-10(4)16-17-18-19/h11H,5-7H2,1-4H3,(H,15,20)/t11-/m1/s1. The summed E-state index contributed by atoms with van der Waals surface area (Å²) in [4.78, 5) is 17.8. The van der Waals surface area contributed by atoms with E-state index >= 15 is 0 Å². The highest BCUT2D eigenvalue weighted by molar-refractivity contribution is 7.11. The molecule has 0 unspecified atom stereocenters. The Bertz CT molecular complexity index is 600. The normalized spacial score (nSPS) is 12.4. The van der Waals surface area contributed by atoms with Crippen LogP contribution >= 0.6 is 11.3 Å². The Hall–Kier alpha value is -1.83. The van der Waals surface area contributed by atoms with Crippen LogP contribution in [0.2, 0.25) is 0 Å². The van der Waals surface area contributed by atoms with E-state index in [0.29, 0.717) is 18.8 Å². The number of hydrogen-bond donors (Lipinski definition) is 1. The number of carbonyl (C=O) groups is 1. The van der Waals surface area contributed by atoms with Gasteiger partial charge in [0, 0.05) is 11.3 Å². The second kappa shape index (κ2) is 6.75. The van der Waals surface area contributed by atoms with E-state index in [-0.39, 0.29) is 11.9 Å². The zero-order valence-corrected chi connectivity index (χ0v) is 13.6. The summed E-state index contributed by atoms with van der Waals surface area (Å²) in [5.41, 5.74) is 1.03. The lowest BCUT2D eigenvalue weighted by molar-refractivity contribution is -0.122. The van der Waals surface area contributed by atoms with Gasteiger partial charge in [0.1, 0.15) is 10.8 Å². The second-order valence-corrected chi connectivity index (χ2v) is 6.16. The summed E-state index contributed by atoms with van der Waals surface area (Å²) >= 11 is 1.64. The molecule has 0 saturated carbocycles. The summed E-state index contributed by atoms with van der Waals surface area (Å²) in [6.07, 6.45) is 1.17. The highest BCUT2D eigenvalue weighted by atomic mass is 32.1. The lowest BCUT2D eigenvalue weighted by Crippen LogP contribution is -2.29. The zero-order valence-electron chi connectivity index (χ0n) is 12.8. The molecule has 0 saturated heterocycles. The number of hydrogen-bond acceptors (Lipinski definition) is 6. The predicted octanol–water partition coefficient (Wildman–Crippen LogP) is 1.71. The van der Waals surface area contributed by atoms with Gasteiger partial charge in [-0.15, -0.1) is 16.4 Å². The molecule has 1 N–H and O–H groups in total. The molecule has 0 aliphatic carbocycles. The SMILES string of the molecule is CC[C@@H](NC(=O)CCn1nnnc1C)c1nc(C)c(C)s1. The number of nitrogens with one attached hydrogen (secondary N) is 1. The summed E-state index contributed by atoms with van der Waals surface area (Å²) < 4.78 is 1.62. The summed E-state index contributed by atoms with van der Waals surface area (Å²) in [5.74, 6) is 0.697. The number of thiazole rings is 1. The Balaban J connectivity index is 1.92. The van der Waals surface area contributed by atoms with Crippen molar-refractivity contribution >= 4 is 17.2 Å². The van der Waals surface area contributed by atoms with Gasteiger partial charge in [0.05, 0.1) is 18.3 Å². The first kappa shape index (κ1) is 15.6. The van der Waals surface area contributed by atoms with Crippen LogP contribution < -0.4 is 5.32 Å². The first-order valence-electron chi connectivity index (χ1n) is 6.97. The molecule has 114 valence electrons. The third-order valence-corrected chi connectivity index (χ3v) is 4.53. The van der Waals surface area contributed by atoms with E-state index in [0.717, 1.165) is 17.1 Å². The van der Waals surface area contributed by atoms with Crippen LogP contribution in [-0.2, 0) is 11.3 Å². The predicted molar refractivity (Wildman–Crippen MR) is 79.9 cm³/mol. The molecule has 7 nitrogen and oxygen atoms in total. The minimum Gasteiger partial charge on any atom is -0.347 e. The molecule has 2 rings (SSSR count). The maximum absolute atomic E-state index is 12.1. The van der Waals surface area contributed by atoms with Crippen molar-refractivity contribution in [2.45, 2.75) is 53.1 Å². The Morgan fingerprint density at radius 1 is 1.38 bits per heavy atom. The van der Waals surface area contributed by atoms with Crippen molar-refractivity contribution in [2.24, 2.45) is 0 Å². The fourth-order valence-corrected chi connectivity index (χ4v) is 2.97. The quantitative estimate of drug-likeness (QED) is 0.878. The number of aromatic nitrogens is 5. The molecular weight excluding hydrogens is 288 g/mol. The number of nitrogens with zero attached hydrogens (tertiary/aromatic N) is 5. The Morgan fingerprint density at radius 2 is 2.14 bits per heavy atom. The van der Waals surface area contributed by atoms with Crippen molar-refractivity contribution in [1.82, 2.24) is 30.5 Å². The van der Waals surface area contributed by atoms with E-state index in [1.807, 2.05) is 27.7 Å². The fourth-order valence-electron chi connectivity index (χ4n) is 1.91. The van der Waals surface area contributed by atoms with Gasteiger partial charge in [-0.3, -0.25) is 4.79 Å². The average Bonchev–Trinajstić information content (AvgIpc) is 3.00. The van der Waals surface area contributed by atoms with E-state index in [1.54, 1.807) is 16.0 Å². The average molecular weight is 308 g/mol. The molecule has 0 aliphatic heterocycles. The van der Waals surface area contributed by atoms with Gasteiger partial charge in [0.25, 0.3) is 0 Å². The van der Waals surface area contributed by atoms with Gasteiger partial charge >= 0.3 is 0 Å². The lowest BCUT2D eigenvalue weighted by Gasteiger charge is -2.14. The number of amides is 1. The molecule has 21 heavy (non-hydrogen) atoms. The van der Waals surface area contributed by atoms with Crippen LogP contribution in [0.4, 0.5) is 0 Å². The molecule has 0 spiro atoms. The maximum Gasteiger partial charge on any atom is 0.222 e. The third kappa shape index (κ3) is 3.84. The summed E-state index contributed by atoms with van der Waals surface area (Å²) in [7, 11) is 0. The minimum absolute atomic E-state index is 0.0118. The number of tetrazole rings is 1.